The summed E-state index contributed by atoms with van der Waals surface area (Å²) in [6.07, 6.45) is 0.925. The van der Waals surface area contributed by atoms with Crippen molar-refractivity contribution in [2.75, 3.05) is 0 Å². The van der Waals surface area contributed by atoms with Gasteiger partial charge in [-0.15, -0.1) is 0 Å². The van der Waals surface area contributed by atoms with E-state index in [2.05, 4.69) is 69.6 Å². The first kappa shape index (κ1) is 16.5. The number of halogens is 1. The molecule has 0 saturated heterocycles. The highest BCUT2D eigenvalue weighted by Gasteiger charge is 2.31. The minimum Gasteiger partial charge on any atom is -0.488 e. The summed E-state index contributed by atoms with van der Waals surface area (Å²) in [6.45, 7) is 12.8. The number of hydrogen-bond donors (Lipinski definition) is 1. The molecule has 108 valence electrons. The number of ether oxygens (including phenoxy) is 1. The first-order valence-electron chi connectivity index (χ1n) is 6.85. The molecule has 0 aliphatic rings. The van der Waals surface area contributed by atoms with Crippen LogP contribution in [0.3, 0.4) is 0 Å². The Balaban J connectivity index is 3.04. The van der Waals surface area contributed by atoms with Gasteiger partial charge in [-0.3, -0.25) is 0 Å². The number of nitrogens with two attached hydrogens (primary N) is 1. The molecule has 2 atom stereocenters. The third kappa shape index (κ3) is 4.22. The van der Waals surface area contributed by atoms with E-state index in [1.165, 1.54) is 11.1 Å². The van der Waals surface area contributed by atoms with Crippen LogP contribution in [-0.2, 0) is 0 Å². The molecule has 19 heavy (non-hydrogen) atoms. The molecule has 0 bridgehead atoms. The molecule has 1 aromatic carbocycles. The van der Waals surface area contributed by atoms with Crippen LogP contribution in [-0.4, -0.2) is 12.1 Å². The maximum absolute atomic E-state index is 6.22. The summed E-state index contributed by atoms with van der Waals surface area (Å²) in [7, 11) is 0. The van der Waals surface area contributed by atoms with E-state index < -0.39 is 0 Å². The molecule has 0 spiro atoms. The molecule has 3 heteroatoms. The topological polar surface area (TPSA) is 35.2 Å². The van der Waals surface area contributed by atoms with Gasteiger partial charge in [0, 0.05) is 15.9 Å². The van der Waals surface area contributed by atoms with Gasteiger partial charge in [-0.1, -0.05) is 43.6 Å². The number of aryl methyl sites for hydroxylation is 2. The summed E-state index contributed by atoms with van der Waals surface area (Å²) in [5, 5.41) is 0. The van der Waals surface area contributed by atoms with Crippen molar-refractivity contribution >= 4 is 15.9 Å². The smallest absolute Gasteiger partial charge is 0.120 e. The predicted octanol–water partition coefficient (Wildman–Crippen LogP) is 4.60. The van der Waals surface area contributed by atoms with Gasteiger partial charge in [0.1, 0.15) is 11.9 Å². The molecule has 2 N–H and O–H groups in total. The van der Waals surface area contributed by atoms with E-state index in [4.69, 9.17) is 10.5 Å². The van der Waals surface area contributed by atoms with Crippen LogP contribution < -0.4 is 10.5 Å². The standard InChI is InChI=1S/C16H26BrNO/c1-7-13(18)15(16(4,5)6)19-12-8-10(2)14(17)11(3)9-12/h8-9,13,15H,7,18H2,1-6H3. The molecule has 0 amide bonds. The molecule has 2 nitrogen and oxygen atoms in total. The quantitative estimate of drug-likeness (QED) is 0.877. The lowest BCUT2D eigenvalue weighted by Gasteiger charge is -2.35. The maximum Gasteiger partial charge on any atom is 0.120 e. The van der Waals surface area contributed by atoms with Crippen molar-refractivity contribution in [1.82, 2.24) is 0 Å². The van der Waals surface area contributed by atoms with Gasteiger partial charge in [0.15, 0.2) is 0 Å². The minimum atomic E-state index is 0.0116. The van der Waals surface area contributed by atoms with Crippen molar-refractivity contribution in [3.05, 3.63) is 27.7 Å². The summed E-state index contributed by atoms with van der Waals surface area (Å²) in [5.41, 5.74) is 8.62. The third-order valence-electron chi connectivity index (χ3n) is 3.39. The molecule has 0 fully saturated rings. The lowest BCUT2D eigenvalue weighted by Crippen LogP contribution is -2.47. The largest absolute Gasteiger partial charge is 0.488 e. The van der Waals surface area contributed by atoms with E-state index in [1.54, 1.807) is 0 Å². The Morgan fingerprint density at radius 1 is 1.21 bits per heavy atom. The molecule has 0 radical (unpaired) electrons. The summed E-state index contributed by atoms with van der Waals surface area (Å²) in [5.74, 6) is 0.905. The summed E-state index contributed by atoms with van der Waals surface area (Å²) in [4.78, 5) is 0. The van der Waals surface area contributed by atoms with Crippen LogP contribution >= 0.6 is 15.9 Å². The molecular weight excluding hydrogens is 302 g/mol. The Bertz CT molecular complexity index is 414. The van der Waals surface area contributed by atoms with Gasteiger partial charge >= 0.3 is 0 Å². The van der Waals surface area contributed by atoms with Gasteiger partial charge in [-0.05, 0) is 43.5 Å². The van der Waals surface area contributed by atoms with Crippen molar-refractivity contribution in [3.63, 3.8) is 0 Å². The van der Waals surface area contributed by atoms with Crippen molar-refractivity contribution < 1.29 is 4.74 Å². The Morgan fingerprint density at radius 3 is 2.05 bits per heavy atom. The zero-order valence-electron chi connectivity index (χ0n) is 12.9. The van der Waals surface area contributed by atoms with E-state index in [0.29, 0.717) is 0 Å². The van der Waals surface area contributed by atoms with Gasteiger partial charge in [-0.2, -0.15) is 0 Å². The molecule has 0 aliphatic carbocycles. The highest BCUT2D eigenvalue weighted by molar-refractivity contribution is 9.10. The van der Waals surface area contributed by atoms with Gasteiger partial charge in [0.25, 0.3) is 0 Å². The van der Waals surface area contributed by atoms with Crippen molar-refractivity contribution in [3.8, 4) is 5.75 Å². The van der Waals surface area contributed by atoms with Crippen LogP contribution in [0.1, 0.15) is 45.2 Å². The van der Waals surface area contributed by atoms with Crippen molar-refractivity contribution in [1.29, 1.82) is 0 Å². The molecule has 0 aliphatic heterocycles. The van der Waals surface area contributed by atoms with Crippen molar-refractivity contribution in [2.24, 2.45) is 11.1 Å². The maximum atomic E-state index is 6.22. The average Bonchev–Trinajstić information content (AvgIpc) is 2.30. The Labute approximate surface area is 125 Å². The van der Waals surface area contributed by atoms with E-state index in [9.17, 15) is 0 Å². The fourth-order valence-electron chi connectivity index (χ4n) is 2.24. The lowest BCUT2D eigenvalue weighted by molar-refractivity contribution is 0.0620. The SMILES string of the molecule is CCC(N)C(Oc1cc(C)c(Br)c(C)c1)C(C)(C)C. The van der Waals surface area contributed by atoms with E-state index in [1.807, 2.05) is 0 Å². The summed E-state index contributed by atoms with van der Waals surface area (Å²) in [6, 6.07) is 4.18. The van der Waals surface area contributed by atoms with Crippen molar-refractivity contribution in [2.45, 2.75) is 60.1 Å². The van der Waals surface area contributed by atoms with Crippen LogP contribution in [0.15, 0.2) is 16.6 Å². The highest BCUT2D eigenvalue weighted by atomic mass is 79.9. The van der Waals surface area contributed by atoms with Gasteiger partial charge in [0.2, 0.25) is 0 Å². The second-order valence-corrected chi connectivity index (χ2v) is 7.14. The monoisotopic (exact) mass is 327 g/mol. The fourth-order valence-corrected chi connectivity index (χ4v) is 2.47. The molecule has 0 saturated carbocycles. The van der Waals surface area contributed by atoms with Crippen LogP contribution in [0.25, 0.3) is 0 Å². The van der Waals surface area contributed by atoms with Gasteiger partial charge in [0.05, 0.1) is 0 Å². The normalized spacial score (nSPS) is 15.2. The first-order chi connectivity index (χ1) is 8.66. The molecule has 0 heterocycles. The Hall–Kier alpha value is -0.540. The van der Waals surface area contributed by atoms with E-state index in [0.717, 1.165) is 16.6 Å². The molecule has 2 unspecified atom stereocenters. The predicted molar refractivity (Wildman–Crippen MR) is 85.8 cm³/mol. The number of benzene rings is 1. The third-order valence-corrected chi connectivity index (χ3v) is 4.64. The zero-order valence-corrected chi connectivity index (χ0v) is 14.5. The lowest BCUT2D eigenvalue weighted by atomic mass is 9.84. The van der Waals surface area contributed by atoms with Crippen LogP contribution in [0.2, 0.25) is 0 Å². The van der Waals surface area contributed by atoms with Crippen LogP contribution in [0.5, 0.6) is 5.75 Å². The highest BCUT2D eigenvalue weighted by Crippen LogP contribution is 2.31. The van der Waals surface area contributed by atoms with E-state index >= 15 is 0 Å². The van der Waals surface area contributed by atoms with Gasteiger partial charge < -0.3 is 10.5 Å². The summed E-state index contributed by atoms with van der Waals surface area (Å²) >= 11 is 3.58. The zero-order chi connectivity index (χ0) is 14.8. The molecular formula is C16H26BrNO. The Kier molecular flexibility index (Phi) is 5.45. The second-order valence-electron chi connectivity index (χ2n) is 6.35. The Morgan fingerprint density at radius 2 is 1.68 bits per heavy atom. The molecule has 1 rings (SSSR count). The minimum absolute atomic E-state index is 0.0116. The van der Waals surface area contributed by atoms with Crippen LogP contribution in [0.4, 0.5) is 0 Å². The summed E-state index contributed by atoms with van der Waals surface area (Å²) < 4.78 is 7.35. The average molecular weight is 328 g/mol. The fraction of sp³-hybridized carbons (Fsp3) is 0.625. The van der Waals surface area contributed by atoms with Crippen LogP contribution in [0, 0.1) is 19.3 Å². The van der Waals surface area contributed by atoms with E-state index in [-0.39, 0.29) is 17.6 Å². The van der Waals surface area contributed by atoms with Gasteiger partial charge in [-0.25, -0.2) is 0 Å². The number of hydrogen-bond acceptors (Lipinski definition) is 2. The first-order valence-corrected chi connectivity index (χ1v) is 7.65. The second kappa shape index (κ2) is 6.27. The number of rotatable bonds is 4. The molecule has 0 aromatic heterocycles. The molecule has 1 aromatic rings.